The highest BCUT2D eigenvalue weighted by atomic mass is 15.1. The van der Waals surface area contributed by atoms with Gasteiger partial charge in [0.1, 0.15) is 0 Å². The zero-order valence-corrected chi connectivity index (χ0v) is 43.4. The summed E-state index contributed by atoms with van der Waals surface area (Å²) in [7, 11) is 0. The highest BCUT2D eigenvalue weighted by Crippen LogP contribution is 2.57. The topological polar surface area (TPSA) is 8.17 Å². The van der Waals surface area contributed by atoms with E-state index in [4.69, 9.17) is 0 Å². The first-order chi connectivity index (χ1) is 39.2. The molecule has 370 valence electrons. The second kappa shape index (κ2) is 19.1. The zero-order valence-electron chi connectivity index (χ0n) is 43.4. The molecule has 0 saturated carbocycles. The lowest BCUT2D eigenvalue weighted by molar-refractivity contribution is 0.768. The molecule has 1 aliphatic rings. The lowest BCUT2D eigenvalue weighted by Crippen LogP contribution is -2.28. The zero-order chi connectivity index (χ0) is 52.3. The largest absolute Gasteiger partial charge is 0.310 e. The Bertz CT molecular complexity index is 4540. The van der Waals surface area contributed by atoms with Crippen LogP contribution in [0.15, 0.2) is 315 Å². The number of hydrogen-bond acceptors (Lipinski definition) is 1. The van der Waals surface area contributed by atoms with Gasteiger partial charge in [-0.15, -0.1) is 0 Å². The van der Waals surface area contributed by atoms with Crippen molar-refractivity contribution in [3.8, 4) is 61.3 Å². The van der Waals surface area contributed by atoms with Gasteiger partial charge in [-0.2, -0.15) is 0 Å². The maximum Gasteiger partial charge on any atom is 0.0714 e. The molecule has 0 N–H and O–H groups in total. The lowest BCUT2D eigenvalue weighted by atomic mass is 9.67. The van der Waals surface area contributed by atoms with Crippen molar-refractivity contribution < 1.29 is 0 Å². The predicted molar refractivity (Wildman–Crippen MR) is 332 cm³/mol. The van der Waals surface area contributed by atoms with Crippen LogP contribution in [-0.4, -0.2) is 4.57 Å². The van der Waals surface area contributed by atoms with E-state index in [1.54, 1.807) is 0 Å². The van der Waals surface area contributed by atoms with Crippen LogP contribution >= 0.6 is 0 Å². The maximum absolute atomic E-state index is 2.47. The van der Waals surface area contributed by atoms with Crippen LogP contribution < -0.4 is 4.90 Å². The van der Waals surface area contributed by atoms with Crippen LogP contribution in [0.1, 0.15) is 22.3 Å². The van der Waals surface area contributed by atoms with Crippen LogP contribution in [0.5, 0.6) is 0 Å². The molecule has 0 fully saturated rings. The number of rotatable bonds is 10. The number of fused-ring (bicyclic) bond motifs is 7. The molecule has 0 amide bonds. The van der Waals surface area contributed by atoms with E-state index in [1.807, 2.05) is 0 Å². The van der Waals surface area contributed by atoms with Crippen molar-refractivity contribution in [1.82, 2.24) is 4.57 Å². The summed E-state index contributed by atoms with van der Waals surface area (Å²) in [4.78, 5) is 2.46. The Labute approximate surface area is 461 Å². The van der Waals surface area contributed by atoms with Crippen molar-refractivity contribution in [3.05, 3.63) is 338 Å². The van der Waals surface area contributed by atoms with Crippen molar-refractivity contribution in [1.29, 1.82) is 0 Å². The SMILES string of the molecule is c1ccc(-c2ccc(-n3c4ccccc4c4cc(-c5cccc(-c6cccc(N(c7ccc8c(c7)C(c7ccccc7)(c7ccccc7)c7ccccc7-8)c7ccc8cc(-c9ccccc9)ccc8c7)c6)c5)ccc43)cc2)cc1. The van der Waals surface area contributed by atoms with Gasteiger partial charge < -0.3 is 9.47 Å². The smallest absolute Gasteiger partial charge is 0.0714 e. The van der Waals surface area contributed by atoms with Crippen LogP contribution in [0, 0.1) is 0 Å². The van der Waals surface area contributed by atoms with Crippen LogP contribution in [0.3, 0.4) is 0 Å². The van der Waals surface area contributed by atoms with Gasteiger partial charge in [0.15, 0.2) is 0 Å². The number of hydrogen-bond donors (Lipinski definition) is 0. The van der Waals surface area contributed by atoms with Crippen LogP contribution in [0.25, 0.3) is 93.9 Å². The van der Waals surface area contributed by atoms with Gasteiger partial charge in [-0.25, -0.2) is 0 Å². The average Bonchev–Trinajstić information content (AvgIpc) is 4.16. The molecule has 1 aliphatic carbocycles. The minimum atomic E-state index is -0.540. The number of anilines is 3. The lowest BCUT2D eigenvalue weighted by Gasteiger charge is -2.35. The summed E-state index contributed by atoms with van der Waals surface area (Å²) >= 11 is 0. The Kier molecular flexibility index (Phi) is 11.1. The Morgan fingerprint density at radius 2 is 0.722 bits per heavy atom. The number of aromatic nitrogens is 1. The predicted octanol–water partition coefficient (Wildman–Crippen LogP) is 20.4. The van der Waals surface area contributed by atoms with E-state index in [-0.39, 0.29) is 0 Å². The molecule has 79 heavy (non-hydrogen) atoms. The van der Waals surface area contributed by atoms with Crippen molar-refractivity contribution in [2.24, 2.45) is 0 Å². The van der Waals surface area contributed by atoms with Gasteiger partial charge in [0.05, 0.1) is 16.4 Å². The van der Waals surface area contributed by atoms with E-state index >= 15 is 0 Å². The highest BCUT2D eigenvalue weighted by molar-refractivity contribution is 6.10. The molecule has 2 heteroatoms. The Morgan fingerprint density at radius 1 is 0.253 bits per heavy atom. The third kappa shape index (κ3) is 7.79. The van der Waals surface area contributed by atoms with Gasteiger partial charge in [0, 0.05) is 33.5 Å². The van der Waals surface area contributed by atoms with Crippen molar-refractivity contribution in [2.45, 2.75) is 5.41 Å². The molecule has 0 unspecified atom stereocenters. The summed E-state index contributed by atoms with van der Waals surface area (Å²) in [6, 6.07) is 116. The molecule has 2 nitrogen and oxygen atoms in total. The molecule has 13 aromatic carbocycles. The third-order valence-electron chi connectivity index (χ3n) is 16.4. The molecule has 14 aromatic rings. The number of benzene rings is 13. The standard InChI is InChI=1S/C77H52N2/c1-5-19-53(20-6-1)55-37-41-65(42-38-55)79-75-34-16-14-32-71(75)72-51-62(40-46-76(72)79)57-24-17-23-56(47-57)58-25-18-30-66(49-58)78(67-43-39-60-48-59(35-36-61(60)50-67)54-21-7-2-8-22-54)68-44-45-70-69-31-13-15-33-73(69)77(74(70)52-68,63-26-9-3-10-27-63)64-28-11-4-12-29-64/h1-52H. The Balaban J connectivity index is 0.855. The third-order valence-corrected chi connectivity index (χ3v) is 16.4. The molecule has 1 heterocycles. The van der Waals surface area contributed by atoms with E-state index in [1.165, 1.54) is 99.3 Å². The normalized spacial score (nSPS) is 12.4. The van der Waals surface area contributed by atoms with Crippen LogP contribution in [0.4, 0.5) is 17.1 Å². The van der Waals surface area contributed by atoms with Crippen LogP contribution in [0.2, 0.25) is 0 Å². The van der Waals surface area contributed by atoms with E-state index in [0.29, 0.717) is 0 Å². The summed E-state index contributed by atoms with van der Waals surface area (Å²) in [5.41, 5.74) is 23.3. The molecular weight excluding hydrogens is 953 g/mol. The molecule has 1 aromatic heterocycles. The van der Waals surface area contributed by atoms with Crippen LogP contribution in [-0.2, 0) is 5.41 Å². The molecule has 0 radical (unpaired) electrons. The van der Waals surface area contributed by atoms with Crippen molar-refractivity contribution in [2.75, 3.05) is 4.90 Å². The Hall–Kier alpha value is -10.3. The summed E-state index contributed by atoms with van der Waals surface area (Å²) < 4.78 is 2.40. The number of nitrogens with zero attached hydrogens (tertiary/aromatic N) is 2. The van der Waals surface area contributed by atoms with Gasteiger partial charge in [-0.05, 0) is 168 Å². The highest BCUT2D eigenvalue weighted by Gasteiger charge is 2.46. The summed E-state index contributed by atoms with van der Waals surface area (Å²) in [5, 5.41) is 4.85. The van der Waals surface area contributed by atoms with Gasteiger partial charge >= 0.3 is 0 Å². The van der Waals surface area contributed by atoms with E-state index in [2.05, 4.69) is 325 Å². The van der Waals surface area contributed by atoms with Crippen molar-refractivity contribution in [3.63, 3.8) is 0 Å². The van der Waals surface area contributed by atoms with Crippen molar-refractivity contribution >= 4 is 49.6 Å². The first-order valence-corrected chi connectivity index (χ1v) is 27.3. The summed E-state index contributed by atoms with van der Waals surface area (Å²) in [6.45, 7) is 0. The summed E-state index contributed by atoms with van der Waals surface area (Å²) in [6.07, 6.45) is 0. The second-order valence-electron chi connectivity index (χ2n) is 20.8. The van der Waals surface area contributed by atoms with E-state index in [0.717, 1.165) is 33.9 Å². The first-order valence-electron chi connectivity index (χ1n) is 27.3. The molecule has 0 bridgehead atoms. The minimum Gasteiger partial charge on any atom is -0.310 e. The average molecular weight is 1010 g/mol. The molecule has 0 aliphatic heterocycles. The first kappa shape index (κ1) is 46.1. The molecule has 15 rings (SSSR count). The van der Waals surface area contributed by atoms with E-state index in [9.17, 15) is 0 Å². The van der Waals surface area contributed by atoms with Gasteiger partial charge in [0.2, 0.25) is 0 Å². The summed E-state index contributed by atoms with van der Waals surface area (Å²) in [5.74, 6) is 0. The van der Waals surface area contributed by atoms with Gasteiger partial charge in [-0.1, -0.05) is 237 Å². The molecule has 0 atom stereocenters. The fraction of sp³-hybridized carbons (Fsp3) is 0.0130. The molecule has 0 spiro atoms. The molecular formula is C77H52N2. The Morgan fingerprint density at radius 3 is 1.46 bits per heavy atom. The number of para-hydroxylation sites is 1. The monoisotopic (exact) mass is 1000 g/mol. The maximum atomic E-state index is 2.47. The van der Waals surface area contributed by atoms with Gasteiger partial charge in [0.25, 0.3) is 0 Å². The second-order valence-corrected chi connectivity index (χ2v) is 20.8. The van der Waals surface area contributed by atoms with Gasteiger partial charge in [-0.3, -0.25) is 0 Å². The fourth-order valence-electron chi connectivity index (χ4n) is 12.8. The quantitative estimate of drug-likeness (QED) is 0.133. The molecule has 0 saturated heterocycles. The minimum absolute atomic E-state index is 0.540. The van der Waals surface area contributed by atoms with E-state index < -0.39 is 5.41 Å². The fourth-order valence-corrected chi connectivity index (χ4v) is 12.8.